The predicted octanol–water partition coefficient (Wildman–Crippen LogP) is 5.56. The van der Waals surface area contributed by atoms with Gasteiger partial charge in [0.1, 0.15) is 0 Å². The van der Waals surface area contributed by atoms with Gasteiger partial charge >= 0.3 is 0 Å². The molecule has 7 heteroatoms. The molecule has 0 radical (unpaired) electrons. The van der Waals surface area contributed by atoms with Crippen LogP contribution in [0.2, 0.25) is 0 Å². The van der Waals surface area contributed by atoms with Crippen LogP contribution in [0.25, 0.3) is 0 Å². The lowest BCUT2D eigenvalue weighted by atomic mass is 9.95. The molecule has 1 aliphatic rings. The Kier molecular flexibility index (Phi) is 6.07. The predicted molar refractivity (Wildman–Crippen MR) is 107 cm³/mol. The molecule has 134 valence electrons. The summed E-state index contributed by atoms with van der Waals surface area (Å²) >= 11 is 8.27. The molecule has 0 saturated carbocycles. The van der Waals surface area contributed by atoms with E-state index in [-0.39, 0.29) is 17.9 Å². The number of benzene rings is 1. The van der Waals surface area contributed by atoms with Gasteiger partial charge in [0.05, 0.1) is 27.9 Å². The van der Waals surface area contributed by atoms with Gasteiger partial charge in [-0.25, -0.2) is 0 Å². The van der Waals surface area contributed by atoms with Crippen LogP contribution in [0.5, 0.6) is 11.5 Å². The zero-order chi connectivity index (χ0) is 18.0. The Hall–Kier alpha value is -1.05. The van der Waals surface area contributed by atoms with Crippen molar-refractivity contribution in [1.29, 1.82) is 0 Å². The highest BCUT2D eigenvalue weighted by Crippen LogP contribution is 2.35. The van der Waals surface area contributed by atoms with E-state index in [1.165, 1.54) is 11.3 Å². The summed E-state index contributed by atoms with van der Waals surface area (Å²) in [4.78, 5) is 13.3. The first kappa shape index (κ1) is 18.7. The lowest BCUT2D eigenvalue weighted by molar-refractivity contribution is 0.0929. The second kappa shape index (κ2) is 8.10. The number of halogens is 2. The van der Waals surface area contributed by atoms with Gasteiger partial charge in [-0.05, 0) is 61.5 Å². The van der Waals surface area contributed by atoms with Gasteiger partial charge in [0.2, 0.25) is 0 Å². The second-order valence-corrected chi connectivity index (χ2v) is 9.41. The quantitative estimate of drug-likeness (QED) is 0.612. The Morgan fingerprint density at radius 3 is 2.52 bits per heavy atom. The number of amides is 1. The average Bonchev–Trinajstić information content (AvgIpc) is 2.79. The minimum absolute atomic E-state index is 0.0813. The number of hydrogen-bond donors (Lipinski definition) is 1. The molecule has 0 fully saturated rings. The summed E-state index contributed by atoms with van der Waals surface area (Å²) in [5.74, 6) is 1.67. The monoisotopic (exact) mass is 487 g/mol. The lowest BCUT2D eigenvalue weighted by Crippen LogP contribution is -2.31. The topological polar surface area (TPSA) is 47.6 Å². The van der Waals surface area contributed by atoms with Crippen molar-refractivity contribution >= 4 is 49.1 Å². The summed E-state index contributed by atoms with van der Waals surface area (Å²) in [6.45, 7) is 5.49. The molecule has 25 heavy (non-hydrogen) atoms. The van der Waals surface area contributed by atoms with Crippen LogP contribution in [-0.4, -0.2) is 19.1 Å². The first-order valence-corrected chi connectivity index (χ1v) is 10.5. The fourth-order valence-electron chi connectivity index (χ4n) is 2.68. The lowest BCUT2D eigenvalue weighted by Gasteiger charge is -2.23. The van der Waals surface area contributed by atoms with Crippen LogP contribution in [0, 0.1) is 5.92 Å². The molecule has 1 aromatic carbocycles. The highest BCUT2D eigenvalue weighted by molar-refractivity contribution is 9.13. The highest BCUT2D eigenvalue weighted by Gasteiger charge is 2.23. The maximum atomic E-state index is 12.6. The third-order valence-corrected chi connectivity index (χ3v) is 7.21. The van der Waals surface area contributed by atoms with Gasteiger partial charge in [0.15, 0.2) is 11.5 Å². The fourth-order valence-corrected chi connectivity index (χ4v) is 4.62. The normalized spacial score (nSPS) is 14.9. The molecular weight excluding hydrogens is 470 g/mol. The van der Waals surface area contributed by atoms with E-state index in [1.807, 2.05) is 24.3 Å². The van der Waals surface area contributed by atoms with Crippen molar-refractivity contribution in [2.45, 2.75) is 26.3 Å². The molecule has 1 aromatic heterocycles. The third kappa shape index (κ3) is 4.38. The molecule has 0 aliphatic carbocycles. The minimum atomic E-state index is -0.107. The van der Waals surface area contributed by atoms with Gasteiger partial charge in [-0.3, -0.25) is 4.79 Å². The SMILES string of the molecule is CC(C)[C@@H](NC(=O)c1cc(Br)c(Br)s1)c1ccc2c(c1)OCCCO2. The number of hydrogen-bond acceptors (Lipinski definition) is 4. The van der Waals surface area contributed by atoms with Gasteiger partial charge in [0, 0.05) is 10.9 Å². The molecule has 0 bridgehead atoms. The third-order valence-electron chi connectivity index (χ3n) is 3.95. The second-order valence-electron chi connectivity index (χ2n) is 6.18. The molecule has 3 rings (SSSR count). The number of ether oxygens (including phenoxy) is 2. The van der Waals surface area contributed by atoms with E-state index in [4.69, 9.17) is 9.47 Å². The summed E-state index contributed by atoms with van der Waals surface area (Å²) in [5, 5.41) is 3.15. The van der Waals surface area contributed by atoms with Crippen molar-refractivity contribution in [2.75, 3.05) is 13.2 Å². The Morgan fingerprint density at radius 2 is 1.88 bits per heavy atom. The number of carbonyl (C=O) groups is 1. The Morgan fingerprint density at radius 1 is 1.16 bits per heavy atom. The zero-order valence-electron chi connectivity index (χ0n) is 14.0. The van der Waals surface area contributed by atoms with Crippen molar-refractivity contribution in [3.8, 4) is 11.5 Å². The number of fused-ring (bicyclic) bond motifs is 1. The van der Waals surface area contributed by atoms with Crippen molar-refractivity contribution in [3.63, 3.8) is 0 Å². The van der Waals surface area contributed by atoms with Crippen molar-refractivity contribution in [3.05, 3.63) is 43.0 Å². The molecule has 0 unspecified atom stereocenters. The van der Waals surface area contributed by atoms with Crippen LogP contribution in [-0.2, 0) is 0 Å². The van der Waals surface area contributed by atoms with Crippen LogP contribution in [0.15, 0.2) is 32.5 Å². The molecular formula is C18H19Br2NO3S. The maximum absolute atomic E-state index is 12.6. The van der Waals surface area contributed by atoms with Crippen LogP contribution in [0.1, 0.15) is 41.5 Å². The Labute approximate surface area is 168 Å². The Balaban J connectivity index is 1.83. The molecule has 4 nitrogen and oxygen atoms in total. The molecule has 1 atom stereocenters. The van der Waals surface area contributed by atoms with E-state index in [0.29, 0.717) is 18.1 Å². The van der Waals surface area contributed by atoms with Gasteiger partial charge in [-0.15, -0.1) is 11.3 Å². The van der Waals surface area contributed by atoms with Crippen LogP contribution in [0.4, 0.5) is 0 Å². The number of nitrogens with one attached hydrogen (secondary N) is 1. The smallest absolute Gasteiger partial charge is 0.261 e. The zero-order valence-corrected chi connectivity index (χ0v) is 18.0. The van der Waals surface area contributed by atoms with Crippen molar-refractivity contribution in [2.24, 2.45) is 5.92 Å². The van der Waals surface area contributed by atoms with E-state index >= 15 is 0 Å². The fraction of sp³-hybridized carbons (Fsp3) is 0.389. The maximum Gasteiger partial charge on any atom is 0.261 e. The summed E-state index contributed by atoms with van der Waals surface area (Å²) in [6, 6.07) is 7.62. The van der Waals surface area contributed by atoms with Gasteiger partial charge < -0.3 is 14.8 Å². The van der Waals surface area contributed by atoms with Gasteiger partial charge in [-0.2, -0.15) is 0 Å². The number of thiophene rings is 1. The van der Waals surface area contributed by atoms with Gasteiger partial charge in [-0.1, -0.05) is 19.9 Å². The van der Waals surface area contributed by atoms with Crippen molar-refractivity contribution < 1.29 is 14.3 Å². The van der Waals surface area contributed by atoms with E-state index in [1.54, 1.807) is 0 Å². The molecule has 2 heterocycles. The van der Waals surface area contributed by atoms with Crippen molar-refractivity contribution in [1.82, 2.24) is 5.32 Å². The highest BCUT2D eigenvalue weighted by atomic mass is 79.9. The average molecular weight is 489 g/mol. The van der Waals surface area contributed by atoms with E-state index in [9.17, 15) is 4.79 Å². The molecule has 0 saturated heterocycles. The summed E-state index contributed by atoms with van der Waals surface area (Å²) in [5.41, 5.74) is 1.02. The molecule has 2 aromatic rings. The summed E-state index contributed by atoms with van der Waals surface area (Å²) in [7, 11) is 0. The molecule has 0 spiro atoms. The minimum Gasteiger partial charge on any atom is -0.490 e. The summed E-state index contributed by atoms with van der Waals surface area (Å²) < 4.78 is 13.3. The van der Waals surface area contributed by atoms with E-state index < -0.39 is 0 Å². The molecule has 1 aliphatic heterocycles. The van der Waals surface area contributed by atoms with E-state index in [2.05, 4.69) is 51.0 Å². The number of rotatable bonds is 4. The molecule has 1 amide bonds. The first-order chi connectivity index (χ1) is 12.0. The Bertz CT molecular complexity index is 756. The van der Waals surface area contributed by atoms with E-state index in [0.717, 1.165) is 31.7 Å². The van der Waals surface area contributed by atoms with Crippen LogP contribution < -0.4 is 14.8 Å². The summed E-state index contributed by atoms with van der Waals surface area (Å²) in [6.07, 6.45) is 0.872. The molecule has 1 N–H and O–H groups in total. The van der Waals surface area contributed by atoms with Crippen LogP contribution in [0.3, 0.4) is 0 Å². The standard InChI is InChI=1S/C18H19Br2NO3S/c1-10(2)16(21-18(22)15-9-12(19)17(20)25-15)11-4-5-13-14(8-11)24-7-3-6-23-13/h4-5,8-10,16H,3,6-7H2,1-2H3,(H,21,22)/t16-/m1/s1. The van der Waals surface area contributed by atoms with Gasteiger partial charge in [0.25, 0.3) is 5.91 Å². The van der Waals surface area contributed by atoms with Crippen LogP contribution >= 0.6 is 43.2 Å². The first-order valence-electron chi connectivity index (χ1n) is 8.11. The largest absolute Gasteiger partial charge is 0.490 e. The number of carbonyl (C=O) groups excluding carboxylic acids is 1.